The minimum Gasteiger partial charge on any atom is -0.357 e. The van der Waals surface area contributed by atoms with E-state index in [1.165, 1.54) is 4.90 Å². The minimum atomic E-state index is -4.10. The lowest BCUT2D eigenvalue weighted by atomic mass is 9.93. The van der Waals surface area contributed by atoms with Crippen molar-refractivity contribution in [2.24, 2.45) is 10.9 Å². The molecule has 3 heterocycles. The van der Waals surface area contributed by atoms with Gasteiger partial charge in [0, 0.05) is 32.3 Å². The first-order chi connectivity index (χ1) is 14.9. The standard InChI is InChI=1S/C21H32F3N7/c1-2-25-20(26-11-5-7-19-29-28-18-6-3-4-13-31(18)19)27-12-8-17-9-14-30(15-10-17)16-21(22,23)24/h3-4,6,13,17H,2,5,7-12,14-16H2,1H3,(H2,25,26,27). The summed E-state index contributed by atoms with van der Waals surface area (Å²) < 4.78 is 39.5. The van der Waals surface area contributed by atoms with Crippen molar-refractivity contribution in [1.29, 1.82) is 0 Å². The van der Waals surface area contributed by atoms with Crippen LogP contribution in [0.5, 0.6) is 0 Å². The maximum atomic E-state index is 12.5. The van der Waals surface area contributed by atoms with Crippen LogP contribution >= 0.6 is 0 Å². The summed E-state index contributed by atoms with van der Waals surface area (Å²) in [6.07, 6.45) is 2.10. The summed E-state index contributed by atoms with van der Waals surface area (Å²) in [5.41, 5.74) is 0.847. The number of piperidine rings is 1. The molecule has 1 aliphatic rings. The lowest BCUT2D eigenvalue weighted by Crippen LogP contribution is -2.41. The molecular weight excluding hydrogens is 407 g/mol. The van der Waals surface area contributed by atoms with E-state index in [1.807, 2.05) is 35.7 Å². The number of pyridine rings is 1. The molecular formula is C21H32F3N7. The first kappa shape index (κ1) is 23.3. The molecule has 0 aromatic carbocycles. The molecule has 0 unspecified atom stereocenters. The van der Waals surface area contributed by atoms with E-state index in [4.69, 9.17) is 0 Å². The molecule has 2 N–H and O–H groups in total. The van der Waals surface area contributed by atoms with Crippen molar-refractivity contribution in [1.82, 2.24) is 30.1 Å². The number of rotatable bonds is 9. The lowest BCUT2D eigenvalue weighted by Gasteiger charge is -2.32. The Labute approximate surface area is 181 Å². The Kier molecular flexibility index (Phi) is 8.51. The number of halogens is 3. The van der Waals surface area contributed by atoms with Gasteiger partial charge >= 0.3 is 6.18 Å². The summed E-state index contributed by atoms with van der Waals surface area (Å²) in [6, 6.07) is 5.84. The van der Waals surface area contributed by atoms with Gasteiger partial charge in [0.15, 0.2) is 11.6 Å². The van der Waals surface area contributed by atoms with Crippen molar-refractivity contribution in [3.8, 4) is 0 Å². The smallest absolute Gasteiger partial charge is 0.357 e. The number of likely N-dealkylation sites (tertiary alicyclic amines) is 1. The molecule has 0 spiro atoms. The highest BCUT2D eigenvalue weighted by atomic mass is 19.4. The molecule has 0 aliphatic carbocycles. The number of fused-ring (bicyclic) bond motifs is 1. The number of aryl methyl sites for hydroxylation is 1. The van der Waals surface area contributed by atoms with Gasteiger partial charge in [-0.25, -0.2) is 0 Å². The van der Waals surface area contributed by atoms with Crippen LogP contribution in [0.15, 0.2) is 29.4 Å². The molecule has 0 amide bonds. The van der Waals surface area contributed by atoms with Gasteiger partial charge in [0.1, 0.15) is 5.82 Å². The average Bonchev–Trinajstić information content (AvgIpc) is 3.14. The molecule has 0 bridgehead atoms. The number of nitrogens with one attached hydrogen (secondary N) is 2. The van der Waals surface area contributed by atoms with Crippen molar-refractivity contribution >= 4 is 11.6 Å². The predicted molar refractivity (Wildman–Crippen MR) is 115 cm³/mol. The van der Waals surface area contributed by atoms with Crippen molar-refractivity contribution in [3.63, 3.8) is 0 Å². The quantitative estimate of drug-likeness (QED) is 0.357. The molecule has 1 saturated heterocycles. The van der Waals surface area contributed by atoms with E-state index in [1.54, 1.807) is 0 Å². The number of alkyl halides is 3. The van der Waals surface area contributed by atoms with E-state index >= 15 is 0 Å². The van der Waals surface area contributed by atoms with Gasteiger partial charge in [0.2, 0.25) is 0 Å². The van der Waals surface area contributed by atoms with E-state index in [9.17, 15) is 13.2 Å². The topological polar surface area (TPSA) is 69.8 Å². The van der Waals surface area contributed by atoms with Gasteiger partial charge in [-0.3, -0.25) is 14.3 Å². The van der Waals surface area contributed by atoms with E-state index < -0.39 is 12.7 Å². The molecule has 1 aliphatic heterocycles. The Morgan fingerprint density at radius 2 is 2.00 bits per heavy atom. The first-order valence-electron chi connectivity index (χ1n) is 11.0. The number of aliphatic imine (C=N–C) groups is 1. The fourth-order valence-electron chi connectivity index (χ4n) is 3.91. The maximum absolute atomic E-state index is 12.5. The summed E-state index contributed by atoms with van der Waals surface area (Å²) in [5, 5.41) is 15.0. The van der Waals surface area contributed by atoms with Crippen molar-refractivity contribution in [2.45, 2.75) is 45.2 Å². The highest BCUT2D eigenvalue weighted by Gasteiger charge is 2.32. The van der Waals surface area contributed by atoms with Crippen molar-refractivity contribution in [2.75, 3.05) is 39.3 Å². The third kappa shape index (κ3) is 7.68. The molecule has 2 aromatic rings. The minimum absolute atomic E-state index is 0.459. The van der Waals surface area contributed by atoms with E-state index in [0.717, 1.165) is 62.6 Å². The molecule has 2 aromatic heterocycles. The number of hydrogen-bond donors (Lipinski definition) is 2. The van der Waals surface area contributed by atoms with Crippen LogP contribution in [-0.4, -0.2) is 70.9 Å². The van der Waals surface area contributed by atoms with Crippen molar-refractivity contribution in [3.05, 3.63) is 30.2 Å². The van der Waals surface area contributed by atoms with E-state index in [2.05, 4.69) is 25.8 Å². The summed E-state index contributed by atoms with van der Waals surface area (Å²) in [6.45, 7) is 4.50. The SMILES string of the molecule is CCNC(=NCCCc1nnc2ccccn12)NCCC1CCN(CC(F)(F)F)CC1. The van der Waals surface area contributed by atoms with Gasteiger partial charge in [-0.05, 0) is 63.7 Å². The molecule has 1 fully saturated rings. The summed E-state index contributed by atoms with van der Waals surface area (Å²) >= 11 is 0. The Morgan fingerprint density at radius 1 is 1.19 bits per heavy atom. The molecule has 172 valence electrons. The number of guanidine groups is 1. The normalized spacial score (nSPS) is 16.7. The van der Waals surface area contributed by atoms with E-state index in [-0.39, 0.29) is 0 Å². The number of aromatic nitrogens is 3. The Morgan fingerprint density at radius 3 is 2.74 bits per heavy atom. The fraction of sp³-hybridized carbons (Fsp3) is 0.667. The van der Waals surface area contributed by atoms with Crippen LogP contribution in [0, 0.1) is 5.92 Å². The second-order valence-corrected chi connectivity index (χ2v) is 7.96. The molecule has 7 nitrogen and oxygen atoms in total. The molecule has 0 saturated carbocycles. The maximum Gasteiger partial charge on any atom is 0.401 e. The van der Waals surface area contributed by atoms with Crippen LogP contribution in [0.2, 0.25) is 0 Å². The molecule has 0 atom stereocenters. The monoisotopic (exact) mass is 439 g/mol. The third-order valence-corrected chi connectivity index (χ3v) is 5.51. The second-order valence-electron chi connectivity index (χ2n) is 7.96. The van der Waals surface area contributed by atoms with Crippen LogP contribution in [0.4, 0.5) is 13.2 Å². The fourth-order valence-corrected chi connectivity index (χ4v) is 3.91. The van der Waals surface area contributed by atoms with Crippen LogP contribution in [0.3, 0.4) is 0 Å². The van der Waals surface area contributed by atoms with Crippen LogP contribution in [0.25, 0.3) is 5.65 Å². The Bertz CT molecular complexity index is 826. The van der Waals surface area contributed by atoms with Gasteiger partial charge in [0.25, 0.3) is 0 Å². The van der Waals surface area contributed by atoms with Gasteiger partial charge in [-0.2, -0.15) is 13.2 Å². The summed E-state index contributed by atoms with van der Waals surface area (Å²) in [5.74, 6) is 2.17. The number of hydrogen-bond acceptors (Lipinski definition) is 4. The number of nitrogens with zero attached hydrogens (tertiary/aromatic N) is 5. The second kappa shape index (κ2) is 11.3. The first-order valence-corrected chi connectivity index (χ1v) is 11.0. The predicted octanol–water partition coefficient (Wildman–Crippen LogP) is 2.88. The zero-order valence-corrected chi connectivity index (χ0v) is 18.0. The largest absolute Gasteiger partial charge is 0.401 e. The lowest BCUT2D eigenvalue weighted by molar-refractivity contribution is -0.148. The zero-order valence-electron chi connectivity index (χ0n) is 18.0. The van der Waals surface area contributed by atoms with Crippen LogP contribution in [0.1, 0.15) is 38.4 Å². The Balaban J connectivity index is 1.36. The summed E-state index contributed by atoms with van der Waals surface area (Å²) in [7, 11) is 0. The highest BCUT2D eigenvalue weighted by Crippen LogP contribution is 2.23. The highest BCUT2D eigenvalue weighted by molar-refractivity contribution is 5.79. The van der Waals surface area contributed by atoms with Gasteiger partial charge in [-0.15, -0.1) is 10.2 Å². The third-order valence-electron chi connectivity index (χ3n) is 5.51. The zero-order chi connectivity index (χ0) is 22.1. The van der Waals surface area contributed by atoms with Crippen LogP contribution < -0.4 is 10.6 Å². The van der Waals surface area contributed by atoms with E-state index in [0.29, 0.717) is 25.6 Å². The molecule has 31 heavy (non-hydrogen) atoms. The van der Waals surface area contributed by atoms with Gasteiger partial charge in [-0.1, -0.05) is 6.07 Å². The van der Waals surface area contributed by atoms with Crippen molar-refractivity contribution < 1.29 is 13.2 Å². The van der Waals surface area contributed by atoms with Gasteiger partial charge in [0.05, 0.1) is 6.54 Å². The van der Waals surface area contributed by atoms with Gasteiger partial charge < -0.3 is 10.6 Å². The Hall–Kier alpha value is -2.36. The average molecular weight is 440 g/mol. The summed E-state index contributed by atoms with van der Waals surface area (Å²) in [4.78, 5) is 6.14. The van der Waals surface area contributed by atoms with Crippen LogP contribution in [-0.2, 0) is 6.42 Å². The molecule has 10 heteroatoms. The molecule has 0 radical (unpaired) electrons. The molecule has 3 rings (SSSR count).